The number of fused-ring (bicyclic) bond motifs is 1. The molecule has 15 heavy (non-hydrogen) atoms. The molecule has 0 aliphatic carbocycles. The van der Waals surface area contributed by atoms with Crippen LogP contribution in [0.5, 0.6) is 0 Å². The van der Waals surface area contributed by atoms with Crippen molar-refractivity contribution in [2.75, 3.05) is 20.1 Å². The zero-order chi connectivity index (χ0) is 10.5. The molecule has 2 rings (SSSR count). The van der Waals surface area contributed by atoms with Crippen LogP contribution in [0.1, 0.15) is 24.0 Å². The molecular weight excluding hydrogens is 184 g/mol. The minimum absolute atomic E-state index is 1.14. The molecule has 1 aliphatic rings. The van der Waals surface area contributed by atoms with Gasteiger partial charge in [-0.15, -0.1) is 0 Å². The molecule has 0 saturated carbocycles. The molecule has 0 saturated heterocycles. The third kappa shape index (κ3) is 2.80. The molecule has 2 heteroatoms. The average Bonchev–Trinajstić information content (AvgIpc) is 2.67. The SMILES string of the molecule is CNCCCCN1Cc2ccccc2C1. The number of nitrogens with zero attached hydrogens (tertiary/aromatic N) is 1. The number of hydrogen-bond acceptors (Lipinski definition) is 2. The highest BCUT2D eigenvalue weighted by Gasteiger charge is 2.16. The van der Waals surface area contributed by atoms with Gasteiger partial charge in [0.15, 0.2) is 0 Å². The van der Waals surface area contributed by atoms with Crippen LogP contribution in [0.15, 0.2) is 24.3 Å². The van der Waals surface area contributed by atoms with Gasteiger partial charge in [-0.2, -0.15) is 0 Å². The van der Waals surface area contributed by atoms with Crippen molar-refractivity contribution >= 4 is 0 Å². The minimum Gasteiger partial charge on any atom is -0.320 e. The van der Waals surface area contributed by atoms with Crippen molar-refractivity contribution in [1.82, 2.24) is 10.2 Å². The van der Waals surface area contributed by atoms with Gasteiger partial charge in [-0.05, 0) is 44.1 Å². The Morgan fingerprint density at radius 2 is 1.80 bits per heavy atom. The molecule has 82 valence electrons. The highest BCUT2D eigenvalue weighted by atomic mass is 15.1. The van der Waals surface area contributed by atoms with Crippen LogP contribution in [0, 0.1) is 0 Å². The van der Waals surface area contributed by atoms with Gasteiger partial charge in [0.05, 0.1) is 0 Å². The zero-order valence-electron chi connectivity index (χ0n) is 9.50. The Balaban J connectivity index is 1.76. The lowest BCUT2D eigenvalue weighted by Crippen LogP contribution is -2.19. The molecule has 0 spiro atoms. The summed E-state index contributed by atoms with van der Waals surface area (Å²) in [5.74, 6) is 0. The Morgan fingerprint density at radius 3 is 2.40 bits per heavy atom. The maximum Gasteiger partial charge on any atom is 0.0240 e. The number of unbranched alkanes of at least 4 members (excludes halogenated alkanes) is 1. The quantitative estimate of drug-likeness (QED) is 0.738. The van der Waals surface area contributed by atoms with Gasteiger partial charge >= 0.3 is 0 Å². The van der Waals surface area contributed by atoms with E-state index >= 15 is 0 Å². The van der Waals surface area contributed by atoms with Gasteiger partial charge in [0.1, 0.15) is 0 Å². The van der Waals surface area contributed by atoms with Crippen molar-refractivity contribution < 1.29 is 0 Å². The first-order valence-corrected chi connectivity index (χ1v) is 5.84. The highest BCUT2D eigenvalue weighted by Crippen LogP contribution is 2.22. The van der Waals surface area contributed by atoms with Crippen LogP contribution in [0.25, 0.3) is 0 Å². The third-order valence-electron chi connectivity index (χ3n) is 3.06. The van der Waals surface area contributed by atoms with Gasteiger partial charge in [-0.3, -0.25) is 4.90 Å². The van der Waals surface area contributed by atoms with E-state index in [1.165, 1.54) is 30.5 Å². The third-order valence-corrected chi connectivity index (χ3v) is 3.06. The first-order valence-electron chi connectivity index (χ1n) is 5.84. The predicted molar refractivity (Wildman–Crippen MR) is 63.7 cm³/mol. The predicted octanol–water partition coefficient (Wildman–Crippen LogP) is 2.00. The fourth-order valence-electron chi connectivity index (χ4n) is 2.20. The maximum atomic E-state index is 3.19. The monoisotopic (exact) mass is 204 g/mol. The van der Waals surface area contributed by atoms with Gasteiger partial charge in [-0.25, -0.2) is 0 Å². The number of hydrogen-bond donors (Lipinski definition) is 1. The normalized spacial score (nSPS) is 15.5. The molecule has 0 unspecified atom stereocenters. The number of rotatable bonds is 5. The summed E-state index contributed by atoms with van der Waals surface area (Å²) in [6.07, 6.45) is 2.58. The maximum absolute atomic E-state index is 3.19. The van der Waals surface area contributed by atoms with Crippen LogP contribution >= 0.6 is 0 Å². The van der Waals surface area contributed by atoms with E-state index in [1.807, 2.05) is 7.05 Å². The second kappa shape index (κ2) is 5.29. The second-order valence-corrected chi connectivity index (χ2v) is 4.29. The van der Waals surface area contributed by atoms with Crippen LogP contribution in [-0.4, -0.2) is 25.0 Å². The van der Waals surface area contributed by atoms with E-state index in [0.717, 1.165) is 19.6 Å². The molecule has 0 fully saturated rings. The first kappa shape index (κ1) is 10.7. The van der Waals surface area contributed by atoms with Gasteiger partial charge in [0.25, 0.3) is 0 Å². The van der Waals surface area contributed by atoms with Crippen LogP contribution < -0.4 is 5.32 Å². The lowest BCUT2D eigenvalue weighted by Gasteiger charge is -2.14. The Hall–Kier alpha value is -0.860. The van der Waals surface area contributed by atoms with Crippen molar-refractivity contribution in [3.05, 3.63) is 35.4 Å². The summed E-state index contributed by atoms with van der Waals surface area (Å²) >= 11 is 0. The summed E-state index contributed by atoms with van der Waals surface area (Å²) in [7, 11) is 2.02. The molecule has 0 bridgehead atoms. The van der Waals surface area contributed by atoms with Crippen LogP contribution in [0.2, 0.25) is 0 Å². The average molecular weight is 204 g/mol. The largest absolute Gasteiger partial charge is 0.320 e. The zero-order valence-corrected chi connectivity index (χ0v) is 9.50. The van der Waals surface area contributed by atoms with Crippen molar-refractivity contribution in [3.63, 3.8) is 0 Å². The molecule has 0 atom stereocenters. The molecule has 2 nitrogen and oxygen atoms in total. The topological polar surface area (TPSA) is 15.3 Å². The Morgan fingerprint density at radius 1 is 1.13 bits per heavy atom. The van der Waals surface area contributed by atoms with Crippen LogP contribution in [0.3, 0.4) is 0 Å². The fourth-order valence-corrected chi connectivity index (χ4v) is 2.20. The minimum atomic E-state index is 1.14. The molecule has 1 aromatic carbocycles. The Labute approximate surface area is 92.3 Å². The van der Waals surface area contributed by atoms with E-state index < -0.39 is 0 Å². The lowest BCUT2D eigenvalue weighted by molar-refractivity contribution is 0.277. The lowest BCUT2D eigenvalue weighted by atomic mass is 10.1. The molecule has 0 aromatic heterocycles. The van der Waals surface area contributed by atoms with Gasteiger partial charge in [0.2, 0.25) is 0 Å². The van der Waals surface area contributed by atoms with Crippen molar-refractivity contribution in [2.24, 2.45) is 0 Å². The molecular formula is C13H20N2. The number of benzene rings is 1. The standard InChI is InChI=1S/C13H20N2/c1-14-8-4-5-9-15-10-12-6-2-3-7-13(12)11-15/h2-3,6-7,14H,4-5,8-11H2,1H3. The number of nitrogens with one attached hydrogen (secondary N) is 1. The molecule has 1 N–H and O–H groups in total. The van der Waals surface area contributed by atoms with Gasteiger partial charge in [0, 0.05) is 13.1 Å². The van der Waals surface area contributed by atoms with E-state index in [1.54, 1.807) is 0 Å². The van der Waals surface area contributed by atoms with Gasteiger partial charge in [-0.1, -0.05) is 24.3 Å². The van der Waals surface area contributed by atoms with Crippen molar-refractivity contribution in [2.45, 2.75) is 25.9 Å². The van der Waals surface area contributed by atoms with Crippen LogP contribution in [0.4, 0.5) is 0 Å². The highest BCUT2D eigenvalue weighted by molar-refractivity contribution is 5.30. The van der Waals surface area contributed by atoms with E-state index in [-0.39, 0.29) is 0 Å². The van der Waals surface area contributed by atoms with Gasteiger partial charge < -0.3 is 5.32 Å². The van der Waals surface area contributed by atoms with Crippen molar-refractivity contribution in [1.29, 1.82) is 0 Å². The molecule has 1 aliphatic heterocycles. The molecule has 0 radical (unpaired) electrons. The molecule has 0 amide bonds. The summed E-state index contributed by atoms with van der Waals surface area (Å²) in [6, 6.07) is 8.79. The second-order valence-electron chi connectivity index (χ2n) is 4.29. The summed E-state index contributed by atoms with van der Waals surface area (Å²) in [5.41, 5.74) is 3.04. The summed E-state index contributed by atoms with van der Waals surface area (Å²) in [5, 5.41) is 3.19. The fraction of sp³-hybridized carbons (Fsp3) is 0.538. The molecule has 1 heterocycles. The smallest absolute Gasteiger partial charge is 0.0240 e. The Bertz CT molecular complexity index is 284. The van der Waals surface area contributed by atoms with E-state index in [0.29, 0.717) is 0 Å². The van der Waals surface area contributed by atoms with E-state index in [4.69, 9.17) is 0 Å². The van der Waals surface area contributed by atoms with Crippen molar-refractivity contribution in [3.8, 4) is 0 Å². The Kier molecular flexibility index (Phi) is 3.75. The molecule has 1 aromatic rings. The first-order chi connectivity index (χ1) is 7.40. The summed E-state index contributed by atoms with van der Waals surface area (Å²) in [6.45, 7) is 4.67. The summed E-state index contributed by atoms with van der Waals surface area (Å²) < 4.78 is 0. The van der Waals surface area contributed by atoms with Crippen LogP contribution in [-0.2, 0) is 13.1 Å². The van der Waals surface area contributed by atoms with E-state index in [9.17, 15) is 0 Å². The van der Waals surface area contributed by atoms with E-state index in [2.05, 4.69) is 34.5 Å². The summed E-state index contributed by atoms with van der Waals surface area (Å²) in [4.78, 5) is 2.54.